The predicted octanol–water partition coefficient (Wildman–Crippen LogP) is 5.18. The van der Waals surface area contributed by atoms with Crippen LogP contribution in [0.2, 0.25) is 0 Å². The van der Waals surface area contributed by atoms with Gasteiger partial charge in [0.1, 0.15) is 5.65 Å². The standard InChI is InChI=1S/C19H19ClN2/c1-13(20)19-18(21-17-8-4-5-11-22(17)19)16-10-9-14-6-2-3-7-15(14)12-16/h4-5,8-13H,2-3,6-7H2,1H3. The van der Waals surface area contributed by atoms with Gasteiger partial charge < -0.3 is 4.40 Å². The summed E-state index contributed by atoms with van der Waals surface area (Å²) in [6.45, 7) is 2.01. The molecular formula is C19H19ClN2. The molecular weight excluding hydrogens is 292 g/mol. The molecule has 1 unspecified atom stereocenters. The molecule has 0 saturated heterocycles. The normalized spacial score (nSPS) is 15.7. The van der Waals surface area contributed by atoms with Crippen molar-refractivity contribution in [1.82, 2.24) is 9.38 Å². The Balaban J connectivity index is 1.92. The zero-order valence-corrected chi connectivity index (χ0v) is 13.5. The van der Waals surface area contributed by atoms with E-state index in [2.05, 4.69) is 22.6 Å². The molecule has 4 rings (SSSR count). The molecule has 0 aliphatic heterocycles. The van der Waals surface area contributed by atoms with Crippen molar-refractivity contribution in [2.75, 3.05) is 0 Å². The zero-order chi connectivity index (χ0) is 15.1. The lowest BCUT2D eigenvalue weighted by atomic mass is 9.89. The molecule has 0 spiro atoms. The number of hydrogen-bond donors (Lipinski definition) is 0. The van der Waals surface area contributed by atoms with Crippen molar-refractivity contribution < 1.29 is 0 Å². The van der Waals surface area contributed by atoms with E-state index < -0.39 is 0 Å². The summed E-state index contributed by atoms with van der Waals surface area (Å²) >= 11 is 6.46. The highest BCUT2D eigenvalue weighted by atomic mass is 35.5. The van der Waals surface area contributed by atoms with Crippen LogP contribution < -0.4 is 0 Å². The molecule has 3 heteroatoms. The van der Waals surface area contributed by atoms with Crippen LogP contribution in [0.3, 0.4) is 0 Å². The summed E-state index contributed by atoms with van der Waals surface area (Å²) in [7, 11) is 0. The van der Waals surface area contributed by atoms with Crippen molar-refractivity contribution >= 4 is 17.2 Å². The summed E-state index contributed by atoms with van der Waals surface area (Å²) in [5.74, 6) is 0. The van der Waals surface area contributed by atoms with Gasteiger partial charge in [-0.25, -0.2) is 4.98 Å². The Morgan fingerprint density at radius 3 is 2.73 bits per heavy atom. The Kier molecular flexibility index (Phi) is 3.42. The van der Waals surface area contributed by atoms with Crippen LogP contribution in [-0.2, 0) is 12.8 Å². The summed E-state index contributed by atoms with van der Waals surface area (Å²) in [6, 6.07) is 12.9. The fraction of sp³-hybridized carbons (Fsp3) is 0.316. The number of nitrogens with zero attached hydrogens (tertiary/aromatic N) is 2. The van der Waals surface area contributed by atoms with Gasteiger partial charge in [-0.1, -0.05) is 18.2 Å². The molecule has 2 aromatic heterocycles. The summed E-state index contributed by atoms with van der Waals surface area (Å²) < 4.78 is 2.10. The highest BCUT2D eigenvalue weighted by Crippen LogP contribution is 2.34. The van der Waals surface area contributed by atoms with Crippen LogP contribution in [0, 0.1) is 0 Å². The average Bonchev–Trinajstić information content (AvgIpc) is 2.94. The molecule has 0 fully saturated rings. The molecule has 1 aromatic carbocycles. The van der Waals surface area contributed by atoms with Gasteiger partial charge in [-0.15, -0.1) is 11.6 Å². The molecule has 2 nitrogen and oxygen atoms in total. The van der Waals surface area contributed by atoms with Gasteiger partial charge in [0.25, 0.3) is 0 Å². The van der Waals surface area contributed by atoms with E-state index in [9.17, 15) is 0 Å². The Bertz CT molecular complexity index is 833. The highest BCUT2D eigenvalue weighted by Gasteiger charge is 2.19. The third kappa shape index (κ3) is 2.22. The van der Waals surface area contributed by atoms with Crippen LogP contribution in [0.4, 0.5) is 0 Å². The monoisotopic (exact) mass is 310 g/mol. The number of hydrogen-bond acceptors (Lipinski definition) is 1. The number of aryl methyl sites for hydroxylation is 2. The maximum Gasteiger partial charge on any atom is 0.137 e. The van der Waals surface area contributed by atoms with Crippen LogP contribution in [-0.4, -0.2) is 9.38 Å². The second-order valence-corrected chi connectivity index (χ2v) is 6.74. The number of fused-ring (bicyclic) bond motifs is 2. The van der Waals surface area contributed by atoms with Gasteiger partial charge in [-0.05, 0) is 61.9 Å². The van der Waals surface area contributed by atoms with Crippen molar-refractivity contribution in [2.45, 2.75) is 38.0 Å². The van der Waals surface area contributed by atoms with Crippen LogP contribution >= 0.6 is 11.6 Å². The Morgan fingerprint density at radius 1 is 1.09 bits per heavy atom. The fourth-order valence-corrected chi connectivity index (χ4v) is 3.70. The van der Waals surface area contributed by atoms with E-state index in [0.29, 0.717) is 0 Å². The molecule has 3 aromatic rings. The van der Waals surface area contributed by atoms with E-state index in [1.165, 1.54) is 42.4 Å². The maximum atomic E-state index is 6.46. The van der Waals surface area contributed by atoms with Crippen LogP contribution in [0.25, 0.3) is 16.9 Å². The van der Waals surface area contributed by atoms with Crippen molar-refractivity contribution in [2.24, 2.45) is 0 Å². The molecule has 22 heavy (non-hydrogen) atoms. The molecule has 1 aliphatic rings. The number of benzene rings is 1. The Labute approximate surface area is 135 Å². The lowest BCUT2D eigenvalue weighted by molar-refractivity contribution is 0.686. The molecule has 0 bridgehead atoms. The SMILES string of the molecule is CC(Cl)c1c(-c2ccc3c(c2)CCCC3)nc2ccccn12. The van der Waals surface area contributed by atoms with E-state index in [1.807, 2.05) is 31.3 Å². The number of pyridine rings is 1. The molecule has 0 N–H and O–H groups in total. The quantitative estimate of drug-likeness (QED) is 0.596. The Morgan fingerprint density at radius 2 is 1.91 bits per heavy atom. The first-order chi connectivity index (χ1) is 10.7. The van der Waals surface area contributed by atoms with Gasteiger partial charge in [0.15, 0.2) is 0 Å². The molecule has 0 saturated carbocycles. The molecule has 2 heterocycles. The third-order valence-electron chi connectivity index (χ3n) is 4.57. The van der Waals surface area contributed by atoms with Crippen molar-refractivity contribution in [3.8, 4) is 11.3 Å². The first kappa shape index (κ1) is 13.8. The van der Waals surface area contributed by atoms with Gasteiger partial charge in [0.05, 0.1) is 16.8 Å². The maximum absolute atomic E-state index is 6.46. The van der Waals surface area contributed by atoms with E-state index in [4.69, 9.17) is 16.6 Å². The minimum Gasteiger partial charge on any atom is -0.302 e. The number of rotatable bonds is 2. The lowest BCUT2D eigenvalue weighted by Crippen LogP contribution is -2.03. The van der Waals surface area contributed by atoms with Crippen LogP contribution in [0.1, 0.15) is 42.0 Å². The van der Waals surface area contributed by atoms with Crippen LogP contribution in [0.5, 0.6) is 0 Å². The number of aromatic nitrogens is 2. The van der Waals surface area contributed by atoms with E-state index in [-0.39, 0.29) is 5.38 Å². The predicted molar refractivity (Wildman–Crippen MR) is 91.5 cm³/mol. The number of halogens is 1. The molecule has 112 valence electrons. The minimum absolute atomic E-state index is 0.0802. The summed E-state index contributed by atoms with van der Waals surface area (Å²) in [5, 5.41) is -0.0802. The molecule has 0 amide bonds. The van der Waals surface area contributed by atoms with Crippen LogP contribution in [0.15, 0.2) is 42.6 Å². The highest BCUT2D eigenvalue weighted by molar-refractivity contribution is 6.20. The average molecular weight is 311 g/mol. The topological polar surface area (TPSA) is 17.3 Å². The third-order valence-corrected chi connectivity index (χ3v) is 4.77. The van der Waals surface area contributed by atoms with E-state index >= 15 is 0 Å². The fourth-order valence-electron chi connectivity index (χ4n) is 3.49. The molecule has 1 aliphatic carbocycles. The Hall–Kier alpha value is -1.80. The summed E-state index contributed by atoms with van der Waals surface area (Å²) in [4.78, 5) is 4.83. The first-order valence-electron chi connectivity index (χ1n) is 7.97. The first-order valence-corrected chi connectivity index (χ1v) is 8.41. The second-order valence-electron chi connectivity index (χ2n) is 6.08. The largest absolute Gasteiger partial charge is 0.302 e. The summed E-state index contributed by atoms with van der Waals surface area (Å²) in [5.41, 5.74) is 7.22. The van der Waals surface area contributed by atoms with Gasteiger partial charge >= 0.3 is 0 Å². The smallest absolute Gasteiger partial charge is 0.137 e. The van der Waals surface area contributed by atoms with Crippen molar-refractivity contribution in [3.63, 3.8) is 0 Å². The number of alkyl halides is 1. The van der Waals surface area contributed by atoms with Gasteiger partial charge in [0, 0.05) is 11.8 Å². The second kappa shape index (κ2) is 5.44. The van der Waals surface area contributed by atoms with Crippen molar-refractivity contribution in [1.29, 1.82) is 0 Å². The number of imidazole rings is 1. The molecule has 0 radical (unpaired) electrons. The summed E-state index contributed by atoms with van der Waals surface area (Å²) in [6.07, 6.45) is 7.03. The lowest BCUT2D eigenvalue weighted by Gasteiger charge is -2.16. The molecule has 1 atom stereocenters. The van der Waals surface area contributed by atoms with Gasteiger partial charge in [-0.3, -0.25) is 0 Å². The van der Waals surface area contributed by atoms with E-state index in [1.54, 1.807) is 0 Å². The minimum atomic E-state index is -0.0802. The zero-order valence-electron chi connectivity index (χ0n) is 12.7. The van der Waals surface area contributed by atoms with Crippen molar-refractivity contribution in [3.05, 3.63) is 59.4 Å². The van der Waals surface area contributed by atoms with Gasteiger partial charge in [0.2, 0.25) is 0 Å². The van der Waals surface area contributed by atoms with Gasteiger partial charge in [-0.2, -0.15) is 0 Å². The van der Waals surface area contributed by atoms with E-state index in [0.717, 1.165) is 17.0 Å².